The lowest BCUT2D eigenvalue weighted by Crippen LogP contribution is -2.27. The molecule has 2 rings (SSSR count). The minimum Gasteiger partial charge on any atom is -0.497 e. The Morgan fingerprint density at radius 2 is 2.11 bits per heavy atom. The maximum Gasteiger partial charge on any atom is 0.223 e. The van der Waals surface area contributed by atoms with Crippen molar-refractivity contribution in [3.63, 3.8) is 0 Å². The topological polar surface area (TPSA) is 49.8 Å². The molecule has 1 atom stereocenters. The Balaban J connectivity index is 1.85. The van der Waals surface area contributed by atoms with Gasteiger partial charge < -0.3 is 14.7 Å². The van der Waals surface area contributed by atoms with E-state index in [1.807, 2.05) is 29.2 Å². The van der Waals surface area contributed by atoms with Gasteiger partial charge in [-0.3, -0.25) is 4.79 Å². The highest BCUT2D eigenvalue weighted by atomic mass is 16.5. The van der Waals surface area contributed by atoms with Crippen LogP contribution in [0.4, 0.5) is 0 Å². The molecule has 18 heavy (non-hydrogen) atoms. The smallest absolute Gasteiger partial charge is 0.223 e. The fourth-order valence-electron chi connectivity index (χ4n) is 2.25. The van der Waals surface area contributed by atoms with Crippen molar-refractivity contribution < 1.29 is 14.6 Å². The largest absolute Gasteiger partial charge is 0.497 e. The molecule has 1 N–H and O–H groups in total. The summed E-state index contributed by atoms with van der Waals surface area (Å²) in [6.45, 7) is 1.51. The molecule has 1 heterocycles. The molecule has 0 aliphatic carbocycles. The van der Waals surface area contributed by atoms with Gasteiger partial charge in [0, 0.05) is 32.0 Å². The van der Waals surface area contributed by atoms with Gasteiger partial charge in [0.15, 0.2) is 0 Å². The molecule has 0 saturated carbocycles. The molecule has 0 aromatic heterocycles. The summed E-state index contributed by atoms with van der Waals surface area (Å²) in [6.07, 6.45) is 1.33. The second kappa shape index (κ2) is 5.87. The maximum absolute atomic E-state index is 11.7. The van der Waals surface area contributed by atoms with Gasteiger partial charge in [0.1, 0.15) is 5.75 Å². The summed E-state index contributed by atoms with van der Waals surface area (Å²) in [7, 11) is 1.65. The number of carbonyl (C=O) groups excluding carboxylic acids is 1. The standard InChI is InChI=1S/C14H19NO3/c1-18-13-4-2-11(3-5-13)6-7-15-9-12(10-16)8-14(15)17/h2-5,12,16H,6-10H2,1H3. The van der Waals surface area contributed by atoms with Gasteiger partial charge >= 0.3 is 0 Å². The Morgan fingerprint density at radius 1 is 1.39 bits per heavy atom. The average Bonchev–Trinajstić information content (AvgIpc) is 2.77. The van der Waals surface area contributed by atoms with Crippen LogP contribution in [0.5, 0.6) is 5.75 Å². The van der Waals surface area contributed by atoms with Crippen molar-refractivity contribution in [3.05, 3.63) is 29.8 Å². The summed E-state index contributed by atoms with van der Waals surface area (Å²) in [5.41, 5.74) is 1.19. The van der Waals surface area contributed by atoms with Crippen LogP contribution in [-0.2, 0) is 11.2 Å². The summed E-state index contributed by atoms with van der Waals surface area (Å²) >= 11 is 0. The van der Waals surface area contributed by atoms with E-state index in [4.69, 9.17) is 9.84 Å². The summed E-state index contributed by atoms with van der Waals surface area (Å²) in [5.74, 6) is 1.12. The quantitative estimate of drug-likeness (QED) is 0.849. The summed E-state index contributed by atoms with van der Waals surface area (Å²) in [5, 5.41) is 9.05. The Labute approximate surface area is 107 Å². The predicted molar refractivity (Wildman–Crippen MR) is 68.5 cm³/mol. The SMILES string of the molecule is COc1ccc(CCN2CC(CO)CC2=O)cc1. The molecule has 1 fully saturated rings. The van der Waals surface area contributed by atoms with Crippen LogP contribution in [-0.4, -0.2) is 42.7 Å². The van der Waals surface area contributed by atoms with Crippen LogP contribution in [0.25, 0.3) is 0 Å². The maximum atomic E-state index is 11.7. The third-order valence-corrected chi connectivity index (χ3v) is 3.38. The number of methoxy groups -OCH3 is 1. The lowest BCUT2D eigenvalue weighted by molar-refractivity contribution is -0.127. The number of ether oxygens (including phenoxy) is 1. The van der Waals surface area contributed by atoms with E-state index in [1.165, 1.54) is 5.56 Å². The van der Waals surface area contributed by atoms with Gasteiger partial charge in [-0.1, -0.05) is 12.1 Å². The van der Waals surface area contributed by atoms with Gasteiger partial charge in [0.2, 0.25) is 5.91 Å². The van der Waals surface area contributed by atoms with Gasteiger partial charge in [-0.25, -0.2) is 0 Å². The first-order chi connectivity index (χ1) is 8.72. The lowest BCUT2D eigenvalue weighted by atomic mass is 10.1. The molecule has 1 aromatic rings. The van der Waals surface area contributed by atoms with Gasteiger partial charge in [0.25, 0.3) is 0 Å². The highest BCUT2D eigenvalue weighted by molar-refractivity contribution is 5.78. The number of aliphatic hydroxyl groups is 1. The first-order valence-corrected chi connectivity index (χ1v) is 6.24. The highest BCUT2D eigenvalue weighted by Crippen LogP contribution is 2.18. The number of carbonyl (C=O) groups is 1. The Hall–Kier alpha value is -1.55. The fourth-order valence-corrected chi connectivity index (χ4v) is 2.25. The van der Waals surface area contributed by atoms with E-state index in [0.717, 1.165) is 18.7 Å². The van der Waals surface area contributed by atoms with E-state index in [0.29, 0.717) is 13.0 Å². The van der Waals surface area contributed by atoms with Crippen LogP contribution >= 0.6 is 0 Å². The minimum atomic E-state index is 0.102. The minimum absolute atomic E-state index is 0.102. The van der Waals surface area contributed by atoms with Crippen LogP contribution in [0.1, 0.15) is 12.0 Å². The third-order valence-electron chi connectivity index (χ3n) is 3.38. The Bertz CT molecular complexity index is 402. The highest BCUT2D eigenvalue weighted by Gasteiger charge is 2.28. The van der Waals surface area contributed by atoms with Crippen molar-refractivity contribution >= 4 is 5.91 Å². The lowest BCUT2D eigenvalue weighted by Gasteiger charge is -2.16. The van der Waals surface area contributed by atoms with Crippen molar-refractivity contribution in [2.75, 3.05) is 26.8 Å². The normalized spacial score (nSPS) is 19.3. The molecular weight excluding hydrogens is 230 g/mol. The fraction of sp³-hybridized carbons (Fsp3) is 0.500. The van der Waals surface area contributed by atoms with Gasteiger partial charge in [-0.2, -0.15) is 0 Å². The van der Waals surface area contributed by atoms with Gasteiger partial charge in [-0.15, -0.1) is 0 Å². The summed E-state index contributed by atoms with van der Waals surface area (Å²) in [6, 6.07) is 7.89. The number of nitrogens with zero attached hydrogens (tertiary/aromatic N) is 1. The Morgan fingerprint density at radius 3 is 2.67 bits per heavy atom. The van der Waals surface area contributed by atoms with Crippen molar-refractivity contribution in [2.45, 2.75) is 12.8 Å². The van der Waals surface area contributed by atoms with E-state index >= 15 is 0 Å². The molecule has 0 bridgehead atoms. The van der Waals surface area contributed by atoms with Crippen molar-refractivity contribution in [1.82, 2.24) is 4.90 Å². The number of hydrogen-bond acceptors (Lipinski definition) is 3. The second-order valence-electron chi connectivity index (χ2n) is 4.69. The number of likely N-dealkylation sites (tertiary alicyclic amines) is 1. The molecule has 98 valence electrons. The van der Waals surface area contributed by atoms with Crippen LogP contribution in [0.15, 0.2) is 24.3 Å². The van der Waals surface area contributed by atoms with E-state index in [1.54, 1.807) is 7.11 Å². The van der Waals surface area contributed by atoms with Crippen LogP contribution in [0, 0.1) is 5.92 Å². The molecular formula is C14H19NO3. The second-order valence-corrected chi connectivity index (χ2v) is 4.69. The number of benzene rings is 1. The van der Waals surface area contributed by atoms with E-state index < -0.39 is 0 Å². The first kappa shape index (κ1) is 12.9. The number of amides is 1. The monoisotopic (exact) mass is 249 g/mol. The molecule has 1 aliphatic heterocycles. The van der Waals surface area contributed by atoms with Crippen LogP contribution < -0.4 is 4.74 Å². The van der Waals surface area contributed by atoms with Crippen molar-refractivity contribution in [3.8, 4) is 5.75 Å². The molecule has 1 amide bonds. The predicted octanol–water partition coefficient (Wildman–Crippen LogP) is 1.08. The van der Waals surface area contributed by atoms with E-state index in [2.05, 4.69) is 0 Å². The molecule has 1 aliphatic rings. The zero-order valence-electron chi connectivity index (χ0n) is 10.6. The summed E-state index contributed by atoms with van der Waals surface area (Å²) in [4.78, 5) is 13.5. The zero-order valence-corrected chi connectivity index (χ0v) is 10.6. The third kappa shape index (κ3) is 3.01. The van der Waals surface area contributed by atoms with Crippen molar-refractivity contribution in [1.29, 1.82) is 0 Å². The molecule has 0 spiro atoms. The van der Waals surface area contributed by atoms with Crippen LogP contribution in [0.2, 0.25) is 0 Å². The van der Waals surface area contributed by atoms with Crippen LogP contribution in [0.3, 0.4) is 0 Å². The van der Waals surface area contributed by atoms with E-state index in [-0.39, 0.29) is 18.4 Å². The Kier molecular flexibility index (Phi) is 4.20. The zero-order chi connectivity index (χ0) is 13.0. The number of aliphatic hydroxyl groups excluding tert-OH is 1. The van der Waals surface area contributed by atoms with Crippen molar-refractivity contribution in [2.24, 2.45) is 5.92 Å². The molecule has 1 saturated heterocycles. The molecule has 1 unspecified atom stereocenters. The molecule has 0 radical (unpaired) electrons. The average molecular weight is 249 g/mol. The molecule has 1 aromatic carbocycles. The summed E-state index contributed by atoms with van der Waals surface area (Å²) < 4.78 is 5.10. The van der Waals surface area contributed by atoms with Gasteiger partial charge in [-0.05, 0) is 24.1 Å². The van der Waals surface area contributed by atoms with Gasteiger partial charge in [0.05, 0.1) is 7.11 Å². The molecule has 4 heteroatoms. The number of rotatable bonds is 5. The number of hydrogen-bond donors (Lipinski definition) is 1. The first-order valence-electron chi connectivity index (χ1n) is 6.24. The van der Waals surface area contributed by atoms with E-state index in [9.17, 15) is 4.79 Å². The molecule has 4 nitrogen and oxygen atoms in total.